The summed E-state index contributed by atoms with van der Waals surface area (Å²) in [6, 6.07) is 0. The molecule has 0 aliphatic rings. The molecule has 0 spiro atoms. The minimum Gasteiger partial charge on any atom is -0.245 e. The van der Waals surface area contributed by atoms with Gasteiger partial charge in [-0.1, -0.05) is 0 Å². The van der Waals surface area contributed by atoms with Crippen LogP contribution >= 0.6 is 11.3 Å². The predicted molar refractivity (Wildman–Crippen MR) is 47.5 cm³/mol. The number of thiazole rings is 1. The molecule has 0 aromatic carbocycles. The van der Waals surface area contributed by atoms with E-state index in [9.17, 15) is 8.42 Å². The van der Waals surface area contributed by atoms with Crippen molar-refractivity contribution in [1.29, 1.82) is 5.26 Å². The van der Waals surface area contributed by atoms with Crippen LogP contribution in [-0.4, -0.2) is 13.4 Å². The van der Waals surface area contributed by atoms with Gasteiger partial charge in [0.15, 0.2) is 10.4 Å². The van der Waals surface area contributed by atoms with Crippen molar-refractivity contribution >= 4 is 21.4 Å². The third-order valence-electron chi connectivity index (χ3n) is 1.29. The Kier molecular flexibility index (Phi) is 2.54. The van der Waals surface area contributed by atoms with E-state index >= 15 is 0 Å². The zero-order valence-electron chi connectivity index (χ0n) is 7.03. The van der Waals surface area contributed by atoms with Crippen LogP contribution in [0.25, 0.3) is 0 Å². The normalized spacial score (nSPS) is 10.8. The maximum absolute atomic E-state index is 11.3. The van der Waals surface area contributed by atoms with Gasteiger partial charge in [-0.05, 0) is 13.8 Å². The largest absolute Gasteiger partial charge is 0.281 e. The summed E-state index contributed by atoms with van der Waals surface area (Å²) >= 11 is 1.05. The zero-order valence-corrected chi connectivity index (χ0v) is 8.66. The van der Waals surface area contributed by atoms with Crippen LogP contribution < -0.4 is 4.72 Å². The van der Waals surface area contributed by atoms with Crippen LogP contribution in [0.4, 0.5) is 0 Å². The lowest BCUT2D eigenvalue weighted by Crippen LogP contribution is -2.17. The van der Waals surface area contributed by atoms with Crippen molar-refractivity contribution in [3.63, 3.8) is 0 Å². The number of nitrogens with one attached hydrogen (secondary N) is 1. The quantitative estimate of drug-likeness (QED) is 0.578. The molecule has 0 atom stereocenters. The Labute approximate surface area is 80.1 Å². The van der Waals surface area contributed by atoms with Crippen molar-refractivity contribution < 1.29 is 8.42 Å². The van der Waals surface area contributed by atoms with Crippen molar-refractivity contribution in [2.45, 2.75) is 18.1 Å². The molecule has 0 saturated carbocycles. The third-order valence-corrected chi connectivity index (χ3v) is 4.20. The molecule has 1 aromatic heterocycles. The number of hydrogen-bond acceptors (Lipinski definition) is 5. The van der Waals surface area contributed by atoms with Gasteiger partial charge in [-0.3, -0.25) is 0 Å². The van der Waals surface area contributed by atoms with Crippen molar-refractivity contribution in [3.05, 3.63) is 10.7 Å². The second-order valence-electron chi connectivity index (χ2n) is 2.32. The molecule has 7 heteroatoms. The van der Waals surface area contributed by atoms with Gasteiger partial charge in [0.1, 0.15) is 0 Å². The van der Waals surface area contributed by atoms with Gasteiger partial charge in [-0.2, -0.15) is 13.7 Å². The van der Waals surface area contributed by atoms with Gasteiger partial charge in [0, 0.05) is 0 Å². The Hall–Kier alpha value is -1.13. The van der Waals surface area contributed by atoms with E-state index in [0.29, 0.717) is 10.7 Å². The SMILES string of the molecule is Cc1nc(C)c(S(=O)(=O)NC#N)s1. The highest BCUT2D eigenvalue weighted by molar-refractivity contribution is 7.91. The second kappa shape index (κ2) is 3.32. The van der Waals surface area contributed by atoms with Crippen molar-refractivity contribution in [3.8, 4) is 6.19 Å². The Morgan fingerprint density at radius 1 is 1.54 bits per heavy atom. The van der Waals surface area contributed by atoms with Crippen LogP contribution in [0.3, 0.4) is 0 Å². The molecule has 13 heavy (non-hydrogen) atoms. The van der Waals surface area contributed by atoms with E-state index in [1.807, 2.05) is 0 Å². The molecule has 0 saturated heterocycles. The molecule has 0 amide bonds. The standard InChI is InChI=1S/C6H7N3O2S2/c1-4-6(12-5(2)9-4)13(10,11)8-3-7/h8H,1-2H3. The highest BCUT2D eigenvalue weighted by Crippen LogP contribution is 2.21. The first-order valence-corrected chi connectivity index (χ1v) is 5.62. The number of hydrogen-bond donors (Lipinski definition) is 1. The van der Waals surface area contributed by atoms with Crippen LogP contribution in [0.1, 0.15) is 10.7 Å². The van der Waals surface area contributed by atoms with E-state index in [1.165, 1.54) is 6.19 Å². The number of nitrogens with zero attached hydrogens (tertiary/aromatic N) is 2. The lowest BCUT2D eigenvalue weighted by atomic mass is 10.6. The highest BCUT2D eigenvalue weighted by Gasteiger charge is 2.19. The topological polar surface area (TPSA) is 82.8 Å². The van der Waals surface area contributed by atoms with Gasteiger partial charge in [0.25, 0.3) is 10.0 Å². The second-order valence-corrected chi connectivity index (χ2v) is 5.40. The molecule has 1 N–H and O–H groups in total. The zero-order chi connectivity index (χ0) is 10.1. The fraction of sp³-hybridized carbons (Fsp3) is 0.333. The smallest absolute Gasteiger partial charge is 0.245 e. The number of nitriles is 1. The van der Waals surface area contributed by atoms with Crippen LogP contribution in [0.5, 0.6) is 0 Å². The average molecular weight is 217 g/mol. The Bertz CT molecular complexity index is 455. The summed E-state index contributed by atoms with van der Waals surface area (Å²) in [5.74, 6) is 0. The molecule has 0 aliphatic carbocycles. The summed E-state index contributed by atoms with van der Waals surface area (Å²) in [5, 5.41) is 8.87. The molecule has 70 valence electrons. The Morgan fingerprint density at radius 3 is 2.54 bits per heavy atom. The maximum Gasteiger partial charge on any atom is 0.281 e. The number of aryl methyl sites for hydroxylation is 2. The van der Waals surface area contributed by atoms with Gasteiger partial charge >= 0.3 is 0 Å². The monoisotopic (exact) mass is 217 g/mol. The number of rotatable bonds is 2. The van der Waals surface area contributed by atoms with Gasteiger partial charge in [0.2, 0.25) is 0 Å². The summed E-state index contributed by atoms with van der Waals surface area (Å²) in [5.41, 5.74) is 0.422. The first kappa shape index (κ1) is 9.95. The lowest BCUT2D eigenvalue weighted by Gasteiger charge is -1.96. The van der Waals surface area contributed by atoms with Crippen LogP contribution in [-0.2, 0) is 10.0 Å². The summed E-state index contributed by atoms with van der Waals surface area (Å²) in [6.07, 6.45) is 1.38. The van der Waals surface area contributed by atoms with Crippen LogP contribution in [0, 0.1) is 25.3 Å². The Morgan fingerprint density at radius 2 is 2.15 bits per heavy atom. The minimum atomic E-state index is -3.68. The number of sulfonamides is 1. The molecular weight excluding hydrogens is 210 g/mol. The summed E-state index contributed by atoms with van der Waals surface area (Å²) in [6.45, 7) is 3.30. The predicted octanol–water partition coefficient (Wildman–Crippen LogP) is 0.519. The molecule has 0 fully saturated rings. The Balaban J connectivity index is 3.24. The van der Waals surface area contributed by atoms with E-state index in [1.54, 1.807) is 18.6 Å². The van der Waals surface area contributed by atoms with E-state index in [4.69, 9.17) is 5.26 Å². The van der Waals surface area contributed by atoms with Crippen molar-refractivity contribution in [1.82, 2.24) is 9.71 Å². The average Bonchev–Trinajstić information content (AvgIpc) is 2.30. The van der Waals surface area contributed by atoms with Crippen molar-refractivity contribution in [2.24, 2.45) is 0 Å². The van der Waals surface area contributed by atoms with Gasteiger partial charge < -0.3 is 0 Å². The van der Waals surface area contributed by atoms with Crippen molar-refractivity contribution in [2.75, 3.05) is 0 Å². The van der Waals surface area contributed by atoms with Crippen LogP contribution in [0.15, 0.2) is 4.21 Å². The fourth-order valence-electron chi connectivity index (χ4n) is 0.868. The summed E-state index contributed by atoms with van der Waals surface area (Å²) in [7, 11) is -3.68. The molecular formula is C6H7N3O2S2. The minimum absolute atomic E-state index is 0.103. The van der Waals surface area contributed by atoms with E-state index in [-0.39, 0.29) is 4.21 Å². The molecule has 5 nitrogen and oxygen atoms in total. The number of aromatic nitrogens is 1. The van der Waals surface area contributed by atoms with Gasteiger partial charge in [0.05, 0.1) is 10.7 Å². The molecule has 0 aliphatic heterocycles. The van der Waals surface area contributed by atoms with E-state index in [0.717, 1.165) is 11.3 Å². The molecule has 0 radical (unpaired) electrons. The van der Waals surface area contributed by atoms with Gasteiger partial charge in [-0.15, -0.1) is 11.3 Å². The maximum atomic E-state index is 11.3. The third kappa shape index (κ3) is 1.96. The van der Waals surface area contributed by atoms with E-state index in [2.05, 4.69) is 4.98 Å². The van der Waals surface area contributed by atoms with E-state index < -0.39 is 10.0 Å². The lowest BCUT2D eigenvalue weighted by molar-refractivity contribution is 0.592. The highest BCUT2D eigenvalue weighted by atomic mass is 32.2. The summed E-state index contributed by atoms with van der Waals surface area (Å²) in [4.78, 5) is 3.95. The van der Waals surface area contributed by atoms with Crippen LogP contribution in [0.2, 0.25) is 0 Å². The first-order valence-electron chi connectivity index (χ1n) is 3.32. The molecule has 1 rings (SSSR count). The molecule has 0 unspecified atom stereocenters. The first-order chi connectivity index (χ1) is 5.97. The van der Waals surface area contributed by atoms with Gasteiger partial charge in [-0.25, -0.2) is 9.71 Å². The molecule has 1 aromatic rings. The molecule has 1 heterocycles. The fourth-order valence-corrected chi connectivity index (χ4v) is 3.09. The summed E-state index contributed by atoms with van der Waals surface area (Å²) < 4.78 is 24.5. The molecule has 0 bridgehead atoms.